The van der Waals surface area contributed by atoms with E-state index in [0.29, 0.717) is 18.4 Å². The minimum Gasteiger partial charge on any atom is -0.393 e. The van der Waals surface area contributed by atoms with Crippen molar-refractivity contribution in [1.82, 2.24) is 4.90 Å². The van der Waals surface area contributed by atoms with Gasteiger partial charge < -0.3 is 20.4 Å². The molecule has 0 spiro atoms. The van der Waals surface area contributed by atoms with E-state index in [0.717, 1.165) is 25.0 Å². The van der Waals surface area contributed by atoms with Crippen molar-refractivity contribution in [3.8, 4) is 0 Å². The second kappa shape index (κ2) is 8.16. The second-order valence-electron chi connectivity index (χ2n) is 8.62. The summed E-state index contributed by atoms with van der Waals surface area (Å²) in [6.45, 7) is 1.68. The molecule has 2 aliphatic rings. The maximum Gasteiger partial charge on any atom is 0.256 e. The number of carbonyl (C=O) groups excluding carboxylic acids is 1. The Morgan fingerprint density at radius 1 is 1.10 bits per heavy atom. The van der Waals surface area contributed by atoms with E-state index in [2.05, 4.69) is 5.32 Å². The number of halogens is 3. The highest BCUT2D eigenvalue weighted by Crippen LogP contribution is 2.40. The molecule has 3 N–H and O–H groups in total. The van der Waals surface area contributed by atoms with E-state index < -0.39 is 40.8 Å². The number of nitrogens with one attached hydrogen (secondary N) is 1. The number of anilines is 2. The Bertz CT molecular complexity index is 1010. The molecule has 5 nitrogen and oxygen atoms in total. The first-order valence-corrected chi connectivity index (χ1v) is 10.4. The molecule has 1 heterocycles. The molecule has 0 radical (unpaired) electrons. The van der Waals surface area contributed by atoms with Gasteiger partial charge >= 0.3 is 0 Å². The van der Waals surface area contributed by atoms with E-state index in [4.69, 9.17) is 0 Å². The molecule has 8 heteroatoms. The van der Waals surface area contributed by atoms with Gasteiger partial charge in [-0.1, -0.05) is 18.9 Å². The van der Waals surface area contributed by atoms with Crippen molar-refractivity contribution in [2.45, 2.75) is 44.3 Å². The molecule has 1 aliphatic carbocycles. The first-order chi connectivity index (χ1) is 14.7. The molecule has 2 aromatic rings. The molecule has 2 atom stereocenters. The van der Waals surface area contributed by atoms with Crippen LogP contribution in [0.1, 0.15) is 41.6 Å². The van der Waals surface area contributed by atoms with Crippen molar-refractivity contribution in [2.24, 2.45) is 5.92 Å². The third kappa shape index (κ3) is 4.02. The van der Waals surface area contributed by atoms with E-state index in [1.807, 2.05) is 0 Å². The highest BCUT2D eigenvalue weighted by Gasteiger charge is 2.52. The summed E-state index contributed by atoms with van der Waals surface area (Å²) in [7, 11) is 0. The van der Waals surface area contributed by atoms with Gasteiger partial charge in [0, 0.05) is 5.92 Å². The molecule has 1 aliphatic heterocycles. The normalized spacial score (nSPS) is 22.7. The van der Waals surface area contributed by atoms with E-state index in [1.165, 1.54) is 17.0 Å². The lowest BCUT2D eigenvalue weighted by molar-refractivity contribution is -0.156. The van der Waals surface area contributed by atoms with Gasteiger partial charge in [0.05, 0.1) is 36.1 Å². The van der Waals surface area contributed by atoms with Gasteiger partial charge in [-0.2, -0.15) is 0 Å². The van der Waals surface area contributed by atoms with Crippen LogP contribution in [0.15, 0.2) is 30.3 Å². The summed E-state index contributed by atoms with van der Waals surface area (Å²) in [5.74, 6) is -4.05. The number of benzene rings is 2. The van der Waals surface area contributed by atoms with Crippen LogP contribution in [-0.4, -0.2) is 45.8 Å². The van der Waals surface area contributed by atoms with Crippen molar-refractivity contribution in [2.75, 3.05) is 18.4 Å². The number of amides is 1. The van der Waals surface area contributed by atoms with Crippen molar-refractivity contribution < 1.29 is 28.2 Å². The largest absolute Gasteiger partial charge is 0.393 e. The van der Waals surface area contributed by atoms with E-state index in [9.17, 15) is 28.2 Å². The van der Waals surface area contributed by atoms with Gasteiger partial charge in [0.2, 0.25) is 0 Å². The third-order valence-corrected chi connectivity index (χ3v) is 6.35. The number of hydrogen-bond acceptors (Lipinski definition) is 4. The molecule has 0 bridgehead atoms. The van der Waals surface area contributed by atoms with Gasteiger partial charge in [-0.15, -0.1) is 0 Å². The first-order valence-electron chi connectivity index (χ1n) is 10.4. The fraction of sp³-hybridized carbons (Fsp3) is 0.435. The number of carbonyl (C=O) groups is 1. The van der Waals surface area contributed by atoms with E-state index in [-0.39, 0.29) is 30.3 Å². The lowest BCUT2D eigenvalue weighted by Crippen LogP contribution is -2.68. The number of aliphatic hydroxyl groups excluding tert-OH is 1. The lowest BCUT2D eigenvalue weighted by atomic mass is 9.71. The molecule has 166 valence electrons. The maximum absolute atomic E-state index is 14.6. The SMILES string of the molecule is Cc1ccc(Nc2c(C(=O)N3CC(O)(C4CCCCC4O)C3)ccc(F)c2F)c(F)c1. The van der Waals surface area contributed by atoms with Crippen LogP contribution in [0.25, 0.3) is 0 Å². The summed E-state index contributed by atoms with van der Waals surface area (Å²) in [6.07, 6.45) is 2.46. The summed E-state index contributed by atoms with van der Waals surface area (Å²) < 4.78 is 42.7. The predicted molar refractivity (Wildman–Crippen MR) is 110 cm³/mol. The number of nitrogens with zero attached hydrogens (tertiary/aromatic N) is 1. The van der Waals surface area contributed by atoms with Gasteiger partial charge in [-0.05, 0) is 49.6 Å². The third-order valence-electron chi connectivity index (χ3n) is 6.35. The Morgan fingerprint density at radius 3 is 2.48 bits per heavy atom. The zero-order valence-corrected chi connectivity index (χ0v) is 17.2. The summed E-state index contributed by atoms with van der Waals surface area (Å²) in [5, 5.41) is 23.6. The Labute approximate surface area is 178 Å². The fourth-order valence-corrected chi connectivity index (χ4v) is 4.61. The number of aliphatic hydroxyl groups is 2. The zero-order valence-electron chi connectivity index (χ0n) is 17.2. The van der Waals surface area contributed by atoms with Gasteiger partial charge in [0.15, 0.2) is 11.6 Å². The maximum atomic E-state index is 14.6. The summed E-state index contributed by atoms with van der Waals surface area (Å²) in [4.78, 5) is 14.3. The van der Waals surface area contributed by atoms with Gasteiger partial charge in [-0.3, -0.25) is 4.79 Å². The standard InChI is InChI=1S/C23H25F3N2O3/c1-13-6-9-18(17(25)10-13)27-21-14(7-8-16(24)20(21)26)22(30)28-11-23(31,12-28)15-4-2-3-5-19(15)29/h6-10,15,19,27,29,31H,2-5,11-12H2,1H3. The number of aryl methyl sites for hydroxylation is 1. The van der Waals surface area contributed by atoms with Crippen molar-refractivity contribution in [3.05, 3.63) is 58.9 Å². The zero-order chi connectivity index (χ0) is 22.3. The van der Waals surface area contributed by atoms with Crippen LogP contribution >= 0.6 is 0 Å². The van der Waals surface area contributed by atoms with Crippen LogP contribution in [0.5, 0.6) is 0 Å². The van der Waals surface area contributed by atoms with Crippen LogP contribution in [-0.2, 0) is 0 Å². The summed E-state index contributed by atoms with van der Waals surface area (Å²) in [6, 6.07) is 6.22. The molecule has 1 saturated heterocycles. The van der Waals surface area contributed by atoms with Crippen molar-refractivity contribution in [1.29, 1.82) is 0 Å². The van der Waals surface area contributed by atoms with Crippen LogP contribution in [0.2, 0.25) is 0 Å². The molecular weight excluding hydrogens is 409 g/mol. The first kappa shape index (κ1) is 21.6. The molecular formula is C23H25F3N2O3. The summed E-state index contributed by atoms with van der Waals surface area (Å²) >= 11 is 0. The predicted octanol–water partition coefficient (Wildman–Crippen LogP) is 3.89. The number of likely N-dealkylation sites (tertiary alicyclic amines) is 1. The van der Waals surface area contributed by atoms with Gasteiger partial charge in [-0.25, -0.2) is 13.2 Å². The quantitative estimate of drug-likeness (QED) is 0.683. The smallest absolute Gasteiger partial charge is 0.256 e. The number of β-amino-alcohol motifs (C(OH)–C–C–N with tert-alkyl or cyclic N) is 1. The van der Waals surface area contributed by atoms with Crippen molar-refractivity contribution in [3.63, 3.8) is 0 Å². The monoisotopic (exact) mass is 434 g/mol. The van der Waals surface area contributed by atoms with Crippen molar-refractivity contribution >= 4 is 17.3 Å². The van der Waals surface area contributed by atoms with Gasteiger partial charge in [0.1, 0.15) is 11.4 Å². The molecule has 1 amide bonds. The molecule has 2 fully saturated rings. The minimum atomic E-state index is -1.29. The molecule has 4 rings (SSSR count). The molecule has 31 heavy (non-hydrogen) atoms. The molecule has 1 saturated carbocycles. The topological polar surface area (TPSA) is 72.8 Å². The lowest BCUT2D eigenvalue weighted by Gasteiger charge is -2.52. The van der Waals surface area contributed by atoms with E-state index >= 15 is 0 Å². The average Bonchev–Trinajstić information content (AvgIpc) is 2.71. The van der Waals surface area contributed by atoms with Crippen LogP contribution in [0.4, 0.5) is 24.5 Å². The summed E-state index contributed by atoms with van der Waals surface area (Å²) in [5.41, 5.74) is -1.26. The van der Waals surface area contributed by atoms with Gasteiger partial charge in [0.25, 0.3) is 5.91 Å². The second-order valence-corrected chi connectivity index (χ2v) is 8.62. The minimum absolute atomic E-state index is 0.00904. The Hall–Kier alpha value is -2.58. The highest BCUT2D eigenvalue weighted by atomic mass is 19.2. The molecule has 2 unspecified atom stereocenters. The van der Waals surface area contributed by atoms with Crippen LogP contribution in [0.3, 0.4) is 0 Å². The highest BCUT2D eigenvalue weighted by molar-refractivity contribution is 6.01. The van der Waals surface area contributed by atoms with Crippen LogP contribution < -0.4 is 5.32 Å². The number of rotatable bonds is 4. The Balaban J connectivity index is 1.57. The van der Waals surface area contributed by atoms with E-state index in [1.54, 1.807) is 13.0 Å². The Kier molecular flexibility index (Phi) is 5.70. The fourth-order valence-electron chi connectivity index (χ4n) is 4.61. The number of hydrogen-bond donors (Lipinski definition) is 3. The van der Waals surface area contributed by atoms with Crippen LogP contribution in [0, 0.1) is 30.3 Å². The molecule has 0 aromatic heterocycles. The Morgan fingerprint density at radius 2 is 1.81 bits per heavy atom. The molecule has 2 aromatic carbocycles. The average molecular weight is 434 g/mol.